The van der Waals surface area contributed by atoms with Gasteiger partial charge in [0.25, 0.3) is 0 Å². The molecule has 0 radical (unpaired) electrons. The smallest absolute Gasteiger partial charge is 0.126 e. The van der Waals surface area contributed by atoms with Crippen LogP contribution < -0.4 is 5.73 Å². The zero-order chi connectivity index (χ0) is 9.68. The first-order valence-electron chi connectivity index (χ1n) is 4.60. The van der Waals surface area contributed by atoms with Crippen molar-refractivity contribution in [2.75, 3.05) is 5.73 Å². The van der Waals surface area contributed by atoms with Gasteiger partial charge < -0.3 is 5.73 Å². The number of nitrogens with zero attached hydrogens (tertiary/aromatic N) is 1. The van der Waals surface area contributed by atoms with Gasteiger partial charge in [-0.2, -0.15) is 0 Å². The minimum Gasteiger partial charge on any atom is -0.383 e. The summed E-state index contributed by atoms with van der Waals surface area (Å²) in [5.41, 5.74) is 8.10. The van der Waals surface area contributed by atoms with Crippen LogP contribution in [0.3, 0.4) is 0 Å². The summed E-state index contributed by atoms with van der Waals surface area (Å²) in [5, 5.41) is 0. The van der Waals surface area contributed by atoms with Crippen LogP contribution in [-0.2, 0) is 6.42 Å². The third-order valence-electron chi connectivity index (χ3n) is 2.17. The Morgan fingerprint density at radius 3 is 3.00 bits per heavy atom. The molecule has 0 atom stereocenters. The summed E-state index contributed by atoms with van der Waals surface area (Å²) in [6.45, 7) is 6.08. The molecule has 1 aromatic heterocycles. The molecule has 1 aromatic rings. The van der Waals surface area contributed by atoms with E-state index in [1.54, 1.807) is 6.20 Å². The van der Waals surface area contributed by atoms with E-state index in [1.807, 2.05) is 12.1 Å². The monoisotopic (exact) mass is 176 g/mol. The summed E-state index contributed by atoms with van der Waals surface area (Å²) in [6.07, 6.45) is 4.71. The van der Waals surface area contributed by atoms with E-state index in [0.29, 0.717) is 5.82 Å². The predicted octanol–water partition coefficient (Wildman–Crippen LogP) is 2.56. The van der Waals surface area contributed by atoms with Gasteiger partial charge in [0.2, 0.25) is 0 Å². The highest BCUT2D eigenvalue weighted by Gasteiger charge is 1.99. The Morgan fingerprint density at radius 2 is 2.38 bits per heavy atom. The largest absolute Gasteiger partial charge is 0.383 e. The summed E-state index contributed by atoms with van der Waals surface area (Å²) in [6, 6.07) is 3.94. The number of aromatic nitrogens is 1. The number of rotatable bonds is 4. The number of aryl methyl sites for hydroxylation is 1. The van der Waals surface area contributed by atoms with E-state index in [9.17, 15) is 0 Å². The Hall–Kier alpha value is -1.31. The van der Waals surface area contributed by atoms with Gasteiger partial charge in [-0.3, -0.25) is 0 Å². The molecule has 0 fully saturated rings. The number of pyridine rings is 1. The second-order valence-corrected chi connectivity index (χ2v) is 3.15. The van der Waals surface area contributed by atoms with Gasteiger partial charge in [0.05, 0.1) is 0 Å². The van der Waals surface area contributed by atoms with E-state index in [4.69, 9.17) is 5.73 Å². The highest BCUT2D eigenvalue weighted by Crippen LogP contribution is 2.13. The molecule has 0 unspecified atom stereocenters. The molecule has 0 saturated heterocycles. The maximum Gasteiger partial charge on any atom is 0.126 e. The van der Waals surface area contributed by atoms with E-state index in [1.165, 1.54) is 5.57 Å². The summed E-state index contributed by atoms with van der Waals surface area (Å²) >= 11 is 0. The van der Waals surface area contributed by atoms with Crippen molar-refractivity contribution < 1.29 is 0 Å². The van der Waals surface area contributed by atoms with Gasteiger partial charge in [0.15, 0.2) is 0 Å². The molecular formula is C11H16N2. The Kier molecular flexibility index (Phi) is 3.50. The first-order chi connectivity index (χ1) is 6.24. The maximum atomic E-state index is 5.71. The fourth-order valence-electron chi connectivity index (χ4n) is 1.15. The maximum absolute atomic E-state index is 5.71. The van der Waals surface area contributed by atoms with Crippen LogP contribution in [-0.4, -0.2) is 4.98 Å². The molecule has 0 bridgehead atoms. The van der Waals surface area contributed by atoms with Gasteiger partial charge in [-0.05, 0) is 30.9 Å². The van der Waals surface area contributed by atoms with Gasteiger partial charge in [-0.15, -0.1) is 0 Å². The van der Waals surface area contributed by atoms with Crippen molar-refractivity contribution in [3.8, 4) is 0 Å². The lowest BCUT2D eigenvalue weighted by molar-refractivity contribution is 0.888. The SMILES string of the molecule is C=C(CC)CCc1cccnc1N. The third-order valence-corrected chi connectivity index (χ3v) is 2.17. The van der Waals surface area contributed by atoms with Crippen molar-refractivity contribution in [2.24, 2.45) is 0 Å². The summed E-state index contributed by atoms with van der Waals surface area (Å²) < 4.78 is 0. The number of hydrogen-bond donors (Lipinski definition) is 1. The zero-order valence-corrected chi connectivity index (χ0v) is 8.09. The predicted molar refractivity (Wildman–Crippen MR) is 56.4 cm³/mol. The van der Waals surface area contributed by atoms with E-state index in [0.717, 1.165) is 24.8 Å². The minimum atomic E-state index is 0.645. The average Bonchev–Trinajstić information content (AvgIpc) is 2.16. The molecule has 2 nitrogen and oxygen atoms in total. The van der Waals surface area contributed by atoms with Crippen LogP contribution in [0.1, 0.15) is 25.3 Å². The lowest BCUT2D eigenvalue weighted by Gasteiger charge is -2.04. The van der Waals surface area contributed by atoms with E-state index in [-0.39, 0.29) is 0 Å². The van der Waals surface area contributed by atoms with E-state index < -0.39 is 0 Å². The fourth-order valence-corrected chi connectivity index (χ4v) is 1.15. The second kappa shape index (κ2) is 4.65. The Morgan fingerprint density at radius 1 is 1.62 bits per heavy atom. The molecule has 0 saturated carbocycles. The van der Waals surface area contributed by atoms with Gasteiger partial charge in [0, 0.05) is 6.20 Å². The molecule has 0 aliphatic carbocycles. The van der Waals surface area contributed by atoms with Crippen LogP contribution in [0.15, 0.2) is 30.5 Å². The summed E-state index contributed by atoms with van der Waals surface area (Å²) in [7, 11) is 0. The van der Waals surface area contributed by atoms with Crippen molar-refractivity contribution in [3.05, 3.63) is 36.0 Å². The van der Waals surface area contributed by atoms with Crippen molar-refractivity contribution in [1.29, 1.82) is 0 Å². The molecule has 2 heteroatoms. The third kappa shape index (κ3) is 2.90. The summed E-state index contributed by atoms with van der Waals surface area (Å²) in [5.74, 6) is 0.645. The first kappa shape index (κ1) is 9.78. The van der Waals surface area contributed by atoms with Crippen LogP contribution in [0.25, 0.3) is 0 Å². The molecule has 1 rings (SSSR count). The lowest BCUT2D eigenvalue weighted by Crippen LogP contribution is -1.97. The Labute approximate surface area is 79.5 Å². The topological polar surface area (TPSA) is 38.9 Å². The van der Waals surface area contributed by atoms with Gasteiger partial charge in [0.1, 0.15) is 5.82 Å². The van der Waals surface area contributed by atoms with Gasteiger partial charge in [-0.25, -0.2) is 4.98 Å². The molecule has 0 aliphatic heterocycles. The molecule has 0 spiro atoms. The average molecular weight is 176 g/mol. The lowest BCUT2D eigenvalue weighted by atomic mass is 10.1. The van der Waals surface area contributed by atoms with Crippen molar-refractivity contribution in [2.45, 2.75) is 26.2 Å². The molecule has 13 heavy (non-hydrogen) atoms. The van der Waals surface area contributed by atoms with Crippen LogP contribution in [0, 0.1) is 0 Å². The number of hydrogen-bond acceptors (Lipinski definition) is 2. The minimum absolute atomic E-state index is 0.645. The molecule has 2 N–H and O–H groups in total. The Bertz CT molecular complexity index is 292. The standard InChI is InChI=1S/C11H16N2/c1-3-9(2)6-7-10-5-4-8-13-11(10)12/h4-5,8H,2-3,6-7H2,1H3,(H2,12,13). The molecular weight excluding hydrogens is 160 g/mol. The van der Waals surface area contributed by atoms with E-state index in [2.05, 4.69) is 18.5 Å². The first-order valence-corrected chi connectivity index (χ1v) is 4.60. The van der Waals surface area contributed by atoms with Crippen LogP contribution in [0.4, 0.5) is 5.82 Å². The highest BCUT2D eigenvalue weighted by atomic mass is 14.8. The summed E-state index contributed by atoms with van der Waals surface area (Å²) in [4.78, 5) is 4.03. The number of nitrogens with two attached hydrogens (primary N) is 1. The van der Waals surface area contributed by atoms with Crippen LogP contribution in [0.5, 0.6) is 0 Å². The normalized spacial score (nSPS) is 9.92. The van der Waals surface area contributed by atoms with Crippen molar-refractivity contribution >= 4 is 5.82 Å². The molecule has 0 aromatic carbocycles. The number of anilines is 1. The Balaban J connectivity index is 2.54. The fraction of sp³-hybridized carbons (Fsp3) is 0.364. The van der Waals surface area contributed by atoms with Crippen LogP contribution in [0.2, 0.25) is 0 Å². The number of nitrogen functional groups attached to an aromatic ring is 1. The zero-order valence-electron chi connectivity index (χ0n) is 8.09. The van der Waals surface area contributed by atoms with Crippen molar-refractivity contribution in [1.82, 2.24) is 4.98 Å². The van der Waals surface area contributed by atoms with Crippen LogP contribution >= 0.6 is 0 Å². The molecule has 0 aliphatic rings. The number of allylic oxidation sites excluding steroid dienone is 1. The van der Waals surface area contributed by atoms with Gasteiger partial charge in [-0.1, -0.05) is 25.1 Å². The quantitative estimate of drug-likeness (QED) is 0.716. The molecule has 0 amide bonds. The van der Waals surface area contributed by atoms with Crippen molar-refractivity contribution in [3.63, 3.8) is 0 Å². The molecule has 70 valence electrons. The highest BCUT2D eigenvalue weighted by molar-refractivity contribution is 5.38. The van der Waals surface area contributed by atoms with Gasteiger partial charge >= 0.3 is 0 Å². The van der Waals surface area contributed by atoms with E-state index >= 15 is 0 Å². The second-order valence-electron chi connectivity index (χ2n) is 3.15. The molecule has 1 heterocycles.